The van der Waals surface area contributed by atoms with Crippen LogP contribution in [0.2, 0.25) is 0 Å². The molecule has 21 heavy (non-hydrogen) atoms. The number of rotatable bonds is 4. The SMILES string of the molecule is N#CCc1ccc(NC(=O)c2nccnc2C(=O)O)cc1. The minimum atomic E-state index is -1.32. The van der Waals surface area contributed by atoms with Gasteiger partial charge >= 0.3 is 5.97 Å². The molecule has 7 nitrogen and oxygen atoms in total. The smallest absolute Gasteiger partial charge is 0.356 e. The number of nitrogens with zero attached hydrogens (tertiary/aromatic N) is 3. The van der Waals surface area contributed by atoms with Crippen LogP contribution in [-0.4, -0.2) is 27.0 Å². The molecule has 7 heteroatoms. The van der Waals surface area contributed by atoms with E-state index >= 15 is 0 Å². The summed E-state index contributed by atoms with van der Waals surface area (Å²) in [7, 11) is 0. The number of hydrogen-bond donors (Lipinski definition) is 2. The van der Waals surface area contributed by atoms with Crippen molar-refractivity contribution in [1.29, 1.82) is 5.26 Å². The molecule has 2 aromatic rings. The molecule has 0 unspecified atom stereocenters. The van der Waals surface area contributed by atoms with Crippen molar-refractivity contribution in [1.82, 2.24) is 9.97 Å². The molecule has 0 saturated carbocycles. The van der Waals surface area contributed by atoms with E-state index in [1.54, 1.807) is 24.3 Å². The number of benzene rings is 1. The van der Waals surface area contributed by atoms with E-state index in [9.17, 15) is 9.59 Å². The number of anilines is 1. The van der Waals surface area contributed by atoms with Crippen molar-refractivity contribution < 1.29 is 14.7 Å². The van der Waals surface area contributed by atoms with E-state index in [2.05, 4.69) is 15.3 Å². The first kappa shape index (κ1) is 14.1. The van der Waals surface area contributed by atoms with Gasteiger partial charge in [-0.3, -0.25) is 4.79 Å². The second-order valence-electron chi connectivity index (χ2n) is 4.04. The second kappa shape index (κ2) is 6.25. The van der Waals surface area contributed by atoms with E-state index in [1.165, 1.54) is 12.4 Å². The monoisotopic (exact) mass is 282 g/mol. The van der Waals surface area contributed by atoms with Crippen LogP contribution in [0.3, 0.4) is 0 Å². The van der Waals surface area contributed by atoms with E-state index in [-0.39, 0.29) is 12.1 Å². The van der Waals surface area contributed by atoms with Crippen LogP contribution in [0, 0.1) is 11.3 Å². The average Bonchev–Trinajstić information content (AvgIpc) is 2.49. The van der Waals surface area contributed by atoms with Gasteiger partial charge in [0.25, 0.3) is 5.91 Å². The molecule has 0 saturated heterocycles. The Kier molecular flexibility index (Phi) is 4.21. The number of nitrogens with one attached hydrogen (secondary N) is 1. The highest BCUT2D eigenvalue weighted by Crippen LogP contribution is 2.12. The van der Waals surface area contributed by atoms with Crippen LogP contribution in [-0.2, 0) is 6.42 Å². The number of carbonyl (C=O) groups is 2. The molecule has 0 aliphatic heterocycles. The lowest BCUT2D eigenvalue weighted by Crippen LogP contribution is -2.19. The molecule has 0 aliphatic rings. The summed E-state index contributed by atoms with van der Waals surface area (Å²) < 4.78 is 0. The van der Waals surface area contributed by atoms with Crippen LogP contribution in [0.15, 0.2) is 36.7 Å². The van der Waals surface area contributed by atoms with Gasteiger partial charge in [-0.25, -0.2) is 14.8 Å². The molecule has 1 amide bonds. The molecule has 2 N–H and O–H groups in total. The quantitative estimate of drug-likeness (QED) is 0.877. The largest absolute Gasteiger partial charge is 0.476 e. The van der Waals surface area contributed by atoms with Crippen LogP contribution >= 0.6 is 0 Å². The first-order valence-electron chi connectivity index (χ1n) is 5.93. The Morgan fingerprint density at radius 1 is 1.14 bits per heavy atom. The Labute approximate surface area is 119 Å². The van der Waals surface area contributed by atoms with E-state index in [0.717, 1.165) is 5.56 Å². The van der Waals surface area contributed by atoms with Crippen molar-refractivity contribution in [2.75, 3.05) is 5.32 Å². The highest BCUT2D eigenvalue weighted by molar-refractivity contribution is 6.08. The lowest BCUT2D eigenvalue weighted by atomic mass is 10.1. The van der Waals surface area contributed by atoms with E-state index in [0.29, 0.717) is 5.69 Å². The van der Waals surface area contributed by atoms with Gasteiger partial charge in [-0.1, -0.05) is 12.1 Å². The zero-order chi connectivity index (χ0) is 15.2. The van der Waals surface area contributed by atoms with Crippen LogP contribution < -0.4 is 5.32 Å². The fourth-order valence-electron chi connectivity index (χ4n) is 1.65. The maximum atomic E-state index is 12.0. The Morgan fingerprint density at radius 3 is 2.33 bits per heavy atom. The van der Waals surface area contributed by atoms with Gasteiger partial charge in [-0.15, -0.1) is 0 Å². The second-order valence-corrected chi connectivity index (χ2v) is 4.04. The molecule has 1 aromatic carbocycles. The molecule has 0 aliphatic carbocycles. The Hall–Kier alpha value is -3.27. The lowest BCUT2D eigenvalue weighted by molar-refractivity contribution is 0.0685. The predicted molar refractivity (Wildman–Crippen MR) is 72.7 cm³/mol. The Morgan fingerprint density at radius 2 is 1.76 bits per heavy atom. The van der Waals surface area contributed by atoms with Crippen LogP contribution in [0.25, 0.3) is 0 Å². The summed E-state index contributed by atoms with van der Waals surface area (Å²) in [6.45, 7) is 0. The third-order valence-electron chi connectivity index (χ3n) is 2.61. The number of carboxylic acids is 1. The summed E-state index contributed by atoms with van der Waals surface area (Å²) >= 11 is 0. The minimum Gasteiger partial charge on any atom is -0.476 e. The Bertz CT molecular complexity index is 720. The van der Waals surface area contributed by atoms with Crippen LogP contribution in [0.5, 0.6) is 0 Å². The summed E-state index contributed by atoms with van der Waals surface area (Å²) in [4.78, 5) is 30.4. The van der Waals surface area contributed by atoms with Crippen LogP contribution in [0.1, 0.15) is 26.5 Å². The average molecular weight is 282 g/mol. The molecule has 1 heterocycles. The highest BCUT2D eigenvalue weighted by Gasteiger charge is 2.19. The van der Waals surface area contributed by atoms with Gasteiger partial charge in [0.1, 0.15) is 0 Å². The van der Waals surface area contributed by atoms with Gasteiger partial charge in [0.05, 0.1) is 12.5 Å². The fraction of sp³-hybridized carbons (Fsp3) is 0.0714. The van der Waals surface area contributed by atoms with Gasteiger partial charge in [0.2, 0.25) is 0 Å². The third-order valence-corrected chi connectivity index (χ3v) is 2.61. The first-order valence-corrected chi connectivity index (χ1v) is 5.93. The maximum Gasteiger partial charge on any atom is 0.356 e. The molecule has 0 spiro atoms. The van der Waals surface area contributed by atoms with Crippen LogP contribution in [0.4, 0.5) is 5.69 Å². The number of hydrogen-bond acceptors (Lipinski definition) is 5. The molecule has 0 atom stereocenters. The first-order chi connectivity index (χ1) is 10.1. The number of aromatic nitrogens is 2. The van der Waals surface area contributed by atoms with E-state index in [1.807, 2.05) is 6.07 Å². The third kappa shape index (κ3) is 3.39. The molecule has 104 valence electrons. The van der Waals surface area contributed by atoms with Crippen molar-refractivity contribution in [3.05, 3.63) is 53.6 Å². The van der Waals surface area contributed by atoms with E-state index < -0.39 is 17.6 Å². The summed E-state index contributed by atoms with van der Waals surface area (Å²) in [6, 6.07) is 8.68. The zero-order valence-corrected chi connectivity index (χ0v) is 10.8. The molecule has 1 aromatic heterocycles. The van der Waals surface area contributed by atoms with Crippen molar-refractivity contribution in [2.24, 2.45) is 0 Å². The summed E-state index contributed by atoms with van der Waals surface area (Å²) in [5.41, 5.74) is 0.632. The van der Waals surface area contributed by atoms with Gasteiger partial charge in [0, 0.05) is 18.1 Å². The zero-order valence-electron chi connectivity index (χ0n) is 10.8. The number of carbonyl (C=O) groups excluding carboxylic acids is 1. The van der Waals surface area contributed by atoms with Crippen molar-refractivity contribution in [2.45, 2.75) is 6.42 Å². The summed E-state index contributed by atoms with van der Waals surface area (Å²) in [5, 5.41) is 20.1. The van der Waals surface area contributed by atoms with Crippen molar-refractivity contribution in [3.8, 4) is 6.07 Å². The highest BCUT2D eigenvalue weighted by atomic mass is 16.4. The molecular weight excluding hydrogens is 272 g/mol. The standard InChI is InChI=1S/C14H10N4O3/c15-6-5-9-1-3-10(4-2-9)18-13(19)11-12(14(20)21)17-8-7-16-11/h1-4,7-8H,5H2,(H,18,19)(H,20,21). The van der Waals surface area contributed by atoms with Gasteiger partial charge in [0.15, 0.2) is 11.4 Å². The summed E-state index contributed by atoms with van der Waals surface area (Å²) in [6.07, 6.45) is 2.73. The number of amides is 1. The number of nitriles is 1. The van der Waals surface area contributed by atoms with Crippen molar-refractivity contribution in [3.63, 3.8) is 0 Å². The summed E-state index contributed by atoms with van der Waals surface area (Å²) in [5.74, 6) is -1.98. The molecule has 0 fully saturated rings. The van der Waals surface area contributed by atoms with Gasteiger partial charge in [-0.2, -0.15) is 5.26 Å². The van der Waals surface area contributed by atoms with Crippen molar-refractivity contribution >= 4 is 17.6 Å². The number of carboxylic acid groups (broad SMARTS) is 1. The molecular formula is C14H10N4O3. The van der Waals surface area contributed by atoms with E-state index in [4.69, 9.17) is 10.4 Å². The maximum absolute atomic E-state index is 12.0. The Balaban J connectivity index is 2.19. The molecule has 0 radical (unpaired) electrons. The topological polar surface area (TPSA) is 116 Å². The normalized spacial score (nSPS) is 9.67. The predicted octanol–water partition coefficient (Wildman–Crippen LogP) is 1.49. The van der Waals surface area contributed by atoms with Gasteiger partial charge in [-0.05, 0) is 17.7 Å². The van der Waals surface area contributed by atoms with Gasteiger partial charge < -0.3 is 10.4 Å². The lowest BCUT2D eigenvalue weighted by Gasteiger charge is -2.06. The number of aromatic carboxylic acids is 1. The molecule has 2 rings (SSSR count). The minimum absolute atomic E-state index is 0.258. The molecule has 0 bridgehead atoms. The fourth-order valence-corrected chi connectivity index (χ4v) is 1.65.